The highest BCUT2D eigenvalue weighted by Crippen LogP contribution is 2.30. The molecule has 2 aliphatic rings. The highest BCUT2D eigenvalue weighted by molar-refractivity contribution is 5.90. The van der Waals surface area contributed by atoms with Crippen LogP contribution in [0.15, 0.2) is 41.3 Å². The molecule has 3 aromatic rings. The monoisotopic (exact) mass is 375 g/mol. The fraction of sp³-hybridized carbons (Fsp3) is 0.455. The van der Waals surface area contributed by atoms with E-state index in [1.165, 1.54) is 12.8 Å². The Labute approximate surface area is 164 Å². The SMILES string of the molecule is O=c1cc2c(nn1C1CCC(Nc3nncc4ccccc34)CC1)CCCC2. The van der Waals surface area contributed by atoms with E-state index in [0.717, 1.165) is 66.4 Å². The maximum absolute atomic E-state index is 12.6. The maximum Gasteiger partial charge on any atom is 0.267 e. The van der Waals surface area contributed by atoms with Gasteiger partial charge >= 0.3 is 0 Å². The lowest BCUT2D eigenvalue weighted by molar-refractivity contribution is 0.300. The summed E-state index contributed by atoms with van der Waals surface area (Å²) in [6.07, 6.45) is 10.1. The van der Waals surface area contributed by atoms with Crippen LogP contribution < -0.4 is 10.9 Å². The summed E-state index contributed by atoms with van der Waals surface area (Å²) in [6, 6.07) is 10.6. The summed E-state index contributed by atoms with van der Waals surface area (Å²) in [5.41, 5.74) is 2.37. The average Bonchev–Trinajstić information content (AvgIpc) is 2.74. The third-order valence-electron chi connectivity index (χ3n) is 6.19. The maximum atomic E-state index is 12.6. The highest BCUT2D eigenvalue weighted by Gasteiger charge is 2.25. The molecule has 0 bridgehead atoms. The fourth-order valence-corrected chi connectivity index (χ4v) is 4.63. The Morgan fingerprint density at radius 2 is 1.86 bits per heavy atom. The molecule has 6 heteroatoms. The first-order valence-electron chi connectivity index (χ1n) is 10.4. The van der Waals surface area contributed by atoms with E-state index in [1.54, 1.807) is 10.9 Å². The summed E-state index contributed by atoms with van der Waals surface area (Å²) in [5, 5.41) is 19.0. The Hall–Kier alpha value is -2.76. The predicted molar refractivity (Wildman–Crippen MR) is 110 cm³/mol. The van der Waals surface area contributed by atoms with E-state index in [1.807, 2.05) is 18.2 Å². The van der Waals surface area contributed by atoms with Gasteiger partial charge in [-0.3, -0.25) is 4.79 Å². The second kappa shape index (κ2) is 7.34. The Kier molecular flexibility index (Phi) is 4.55. The third kappa shape index (κ3) is 3.28. The first-order valence-corrected chi connectivity index (χ1v) is 10.4. The first-order chi connectivity index (χ1) is 13.8. The van der Waals surface area contributed by atoms with E-state index in [2.05, 4.69) is 27.6 Å². The molecule has 2 heterocycles. The molecular weight excluding hydrogens is 350 g/mol. The van der Waals surface area contributed by atoms with Gasteiger partial charge in [0, 0.05) is 22.9 Å². The highest BCUT2D eigenvalue weighted by atomic mass is 16.1. The number of rotatable bonds is 3. The zero-order valence-corrected chi connectivity index (χ0v) is 16.0. The van der Waals surface area contributed by atoms with Crippen molar-refractivity contribution in [2.45, 2.75) is 63.5 Å². The summed E-state index contributed by atoms with van der Waals surface area (Å²) in [6.45, 7) is 0. The van der Waals surface area contributed by atoms with Gasteiger partial charge in [0.25, 0.3) is 5.56 Å². The van der Waals surface area contributed by atoms with Gasteiger partial charge in [0.2, 0.25) is 0 Å². The molecule has 0 aliphatic heterocycles. The van der Waals surface area contributed by atoms with E-state index >= 15 is 0 Å². The number of hydrogen-bond acceptors (Lipinski definition) is 5. The molecule has 1 aromatic carbocycles. The molecule has 0 spiro atoms. The summed E-state index contributed by atoms with van der Waals surface area (Å²) in [4.78, 5) is 12.6. The first kappa shape index (κ1) is 17.3. The minimum Gasteiger partial charge on any atom is -0.365 e. The molecule has 0 saturated heterocycles. The lowest BCUT2D eigenvalue weighted by atomic mass is 9.91. The Morgan fingerprint density at radius 1 is 1.04 bits per heavy atom. The van der Waals surface area contributed by atoms with E-state index < -0.39 is 0 Å². The van der Waals surface area contributed by atoms with Crippen molar-refractivity contribution in [1.82, 2.24) is 20.0 Å². The fourth-order valence-electron chi connectivity index (χ4n) is 4.63. The van der Waals surface area contributed by atoms with Crippen molar-refractivity contribution in [3.8, 4) is 0 Å². The molecule has 6 nitrogen and oxygen atoms in total. The van der Waals surface area contributed by atoms with Crippen LogP contribution in [0.25, 0.3) is 10.8 Å². The Morgan fingerprint density at radius 3 is 2.75 bits per heavy atom. The van der Waals surface area contributed by atoms with E-state index in [9.17, 15) is 4.79 Å². The van der Waals surface area contributed by atoms with E-state index in [4.69, 9.17) is 5.10 Å². The lowest BCUT2D eigenvalue weighted by Crippen LogP contribution is -2.34. The Bertz CT molecular complexity index is 1050. The number of aromatic nitrogens is 4. The molecule has 1 fully saturated rings. The number of hydrogen-bond donors (Lipinski definition) is 1. The topological polar surface area (TPSA) is 72.7 Å². The van der Waals surface area contributed by atoms with Crippen LogP contribution in [0, 0.1) is 0 Å². The minimum atomic E-state index is 0.0666. The van der Waals surface area contributed by atoms with Crippen molar-refractivity contribution in [3.05, 3.63) is 58.1 Å². The van der Waals surface area contributed by atoms with Gasteiger partial charge in [-0.2, -0.15) is 10.2 Å². The Balaban J connectivity index is 1.30. The molecule has 0 unspecified atom stereocenters. The van der Waals surface area contributed by atoms with Crippen LogP contribution in [-0.4, -0.2) is 26.0 Å². The van der Waals surface area contributed by atoms with E-state index in [-0.39, 0.29) is 11.6 Å². The van der Waals surface area contributed by atoms with Crippen molar-refractivity contribution in [1.29, 1.82) is 0 Å². The van der Waals surface area contributed by atoms with Gasteiger partial charge in [-0.15, -0.1) is 5.10 Å². The van der Waals surface area contributed by atoms with E-state index in [0.29, 0.717) is 6.04 Å². The number of nitrogens with zero attached hydrogens (tertiary/aromatic N) is 4. The molecule has 0 radical (unpaired) electrons. The zero-order valence-electron chi connectivity index (χ0n) is 16.0. The smallest absolute Gasteiger partial charge is 0.267 e. The normalized spacial score (nSPS) is 22.0. The van der Waals surface area contributed by atoms with Crippen LogP contribution >= 0.6 is 0 Å². The second-order valence-corrected chi connectivity index (χ2v) is 8.04. The van der Waals surface area contributed by atoms with Crippen molar-refractivity contribution < 1.29 is 0 Å². The number of fused-ring (bicyclic) bond motifs is 2. The van der Waals surface area contributed by atoms with Crippen molar-refractivity contribution >= 4 is 16.6 Å². The molecule has 1 N–H and O–H groups in total. The van der Waals surface area contributed by atoms with Gasteiger partial charge in [0.05, 0.1) is 17.9 Å². The lowest BCUT2D eigenvalue weighted by Gasteiger charge is -2.30. The molecular formula is C22H25N5O. The average molecular weight is 375 g/mol. The summed E-state index contributed by atoms with van der Waals surface area (Å²) in [5.74, 6) is 0.852. The molecule has 2 aromatic heterocycles. The van der Waals surface area contributed by atoms with Crippen LogP contribution in [0.1, 0.15) is 55.8 Å². The van der Waals surface area contributed by atoms with Gasteiger partial charge in [-0.1, -0.05) is 24.3 Å². The number of benzene rings is 1. The molecule has 5 rings (SSSR count). The minimum absolute atomic E-state index is 0.0666. The molecule has 1 saturated carbocycles. The summed E-state index contributed by atoms with van der Waals surface area (Å²) < 4.78 is 1.76. The van der Waals surface area contributed by atoms with Crippen LogP contribution in [0.4, 0.5) is 5.82 Å². The molecule has 0 atom stereocenters. The van der Waals surface area contributed by atoms with Crippen molar-refractivity contribution in [2.75, 3.05) is 5.32 Å². The molecule has 2 aliphatic carbocycles. The van der Waals surface area contributed by atoms with Crippen molar-refractivity contribution in [2.24, 2.45) is 0 Å². The van der Waals surface area contributed by atoms with Crippen LogP contribution in [0.3, 0.4) is 0 Å². The third-order valence-corrected chi connectivity index (χ3v) is 6.19. The van der Waals surface area contributed by atoms with Gasteiger partial charge in [-0.25, -0.2) is 4.68 Å². The zero-order chi connectivity index (χ0) is 18.9. The summed E-state index contributed by atoms with van der Waals surface area (Å²) >= 11 is 0. The predicted octanol–water partition coefficient (Wildman–Crippen LogP) is 3.66. The number of nitrogens with one attached hydrogen (secondary N) is 1. The second-order valence-electron chi connectivity index (χ2n) is 8.04. The van der Waals surface area contributed by atoms with Gasteiger partial charge < -0.3 is 5.32 Å². The van der Waals surface area contributed by atoms with Crippen LogP contribution in [0.2, 0.25) is 0 Å². The van der Waals surface area contributed by atoms with Gasteiger partial charge in [0.15, 0.2) is 5.82 Å². The molecule has 28 heavy (non-hydrogen) atoms. The number of aryl methyl sites for hydroxylation is 2. The van der Waals surface area contributed by atoms with Gasteiger partial charge in [-0.05, 0) is 56.9 Å². The van der Waals surface area contributed by atoms with Crippen molar-refractivity contribution in [3.63, 3.8) is 0 Å². The number of anilines is 1. The molecule has 0 amide bonds. The summed E-state index contributed by atoms with van der Waals surface area (Å²) in [7, 11) is 0. The van der Waals surface area contributed by atoms with Crippen LogP contribution in [0.5, 0.6) is 0 Å². The largest absolute Gasteiger partial charge is 0.365 e. The van der Waals surface area contributed by atoms with Crippen LogP contribution in [-0.2, 0) is 12.8 Å². The van der Waals surface area contributed by atoms with Gasteiger partial charge in [0.1, 0.15) is 0 Å². The quantitative estimate of drug-likeness (QED) is 0.756. The molecule has 144 valence electrons. The standard InChI is InChI=1S/C22H25N5O/c28-21-13-15-5-2-4-8-20(15)26-27(21)18-11-9-17(10-12-18)24-22-19-7-3-1-6-16(19)14-23-25-22/h1,3,6-7,13-14,17-18H,2,4-5,8-12H2,(H,24,25).